The number of aromatic nitrogens is 1. The molecule has 2 aliphatic heterocycles. The highest BCUT2D eigenvalue weighted by molar-refractivity contribution is 6.31. The van der Waals surface area contributed by atoms with Gasteiger partial charge in [-0.2, -0.15) is 0 Å². The first kappa shape index (κ1) is 21.4. The summed E-state index contributed by atoms with van der Waals surface area (Å²) in [6, 6.07) is 14.9. The number of fused-ring (bicyclic) bond motifs is 1. The van der Waals surface area contributed by atoms with Crippen molar-refractivity contribution in [2.75, 3.05) is 61.4 Å². The van der Waals surface area contributed by atoms with Crippen molar-refractivity contribution in [1.82, 2.24) is 9.88 Å². The molecular weight excluding hydrogens is 418 g/mol. The number of anilines is 3. The molecular formula is C26H32ClN5. The Morgan fingerprint density at radius 1 is 0.844 bits per heavy atom. The second-order valence-corrected chi connectivity index (χ2v) is 9.37. The van der Waals surface area contributed by atoms with Gasteiger partial charge in [0.1, 0.15) is 0 Å². The van der Waals surface area contributed by atoms with E-state index in [2.05, 4.69) is 57.4 Å². The van der Waals surface area contributed by atoms with Gasteiger partial charge in [-0.3, -0.25) is 4.98 Å². The highest BCUT2D eigenvalue weighted by atomic mass is 35.5. The molecule has 5 rings (SSSR count). The SMILES string of the molecule is CN1CCN(c2cccc(Cl)c2CNc2ccc(N3CCCCC3)c3ncccc23)CC1. The molecule has 0 saturated carbocycles. The molecule has 0 atom stereocenters. The second-order valence-electron chi connectivity index (χ2n) is 8.96. The van der Waals surface area contributed by atoms with E-state index >= 15 is 0 Å². The molecule has 168 valence electrons. The maximum atomic E-state index is 6.69. The number of piperidine rings is 1. The highest BCUT2D eigenvalue weighted by Crippen LogP contribution is 2.34. The molecule has 0 spiro atoms. The summed E-state index contributed by atoms with van der Waals surface area (Å²) in [4.78, 5) is 12.1. The van der Waals surface area contributed by atoms with Crippen molar-refractivity contribution in [3.05, 3.63) is 59.2 Å². The Labute approximate surface area is 196 Å². The molecule has 1 aromatic heterocycles. The lowest BCUT2D eigenvalue weighted by Gasteiger charge is -2.35. The standard InChI is InChI=1S/C26H32ClN5/c1-30-15-17-32(18-16-30)24-9-5-8-22(27)21(24)19-29-23-10-11-25(31-13-3-2-4-14-31)26-20(23)7-6-12-28-26/h5-12,29H,2-4,13-19H2,1H3. The predicted molar refractivity (Wildman–Crippen MR) is 136 cm³/mol. The van der Waals surface area contributed by atoms with Gasteiger partial charge in [0, 0.05) is 79.4 Å². The van der Waals surface area contributed by atoms with Crippen LogP contribution in [0.3, 0.4) is 0 Å². The van der Waals surface area contributed by atoms with Gasteiger partial charge in [-0.15, -0.1) is 0 Å². The zero-order valence-electron chi connectivity index (χ0n) is 18.9. The maximum absolute atomic E-state index is 6.69. The van der Waals surface area contributed by atoms with Crippen LogP contribution in [0.2, 0.25) is 5.02 Å². The third kappa shape index (κ3) is 4.37. The van der Waals surface area contributed by atoms with Crippen molar-refractivity contribution >= 4 is 39.6 Å². The first-order valence-electron chi connectivity index (χ1n) is 11.8. The van der Waals surface area contributed by atoms with Crippen molar-refractivity contribution in [2.24, 2.45) is 0 Å². The summed E-state index contributed by atoms with van der Waals surface area (Å²) in [6.45, 7) is 7.14. The van der Waals surface area contributed by atoms with E-state index in [-0.39, 0.29) is 0 Å². The van der Waals surface area contributed by atoms with Gasteiger partial charge in [-0.25, -0.2) is 0 Å². The number of hydrogen-bond acceptors (Lipinski definition) is 5. The van der Waals surface area contributed by atoms with Crippen molar-refractivity contribution in [3.8, 4) is 0 Å². The largest absolute Gasteiger partial charge is 0.380 e. The summed E-state index contributed by atoms with van der Waals surface area (Å²) in [7, 11) is 2.18. The van der Waals surface area contributed by atoms with Crippen LogP contribution in [0.4, 0.5) is 17.1 Å². The molecule has 0 radical (unpaired) electrons. The molecule has 32 heavy (non-hydrogen) atoms. The zero-order chi connectivity index (χ0) is 21.9. The quantitative estimate of drug-likeness (QED) is 0.576. The van der Waals surface area contributed by atoms with Gasteiger partial charge < -0.3 is 20.0 Å². The average molecular weight is 450 g/mol. The van der Waals surface area contributed by atoms with Crippen LogP contribution >= 0.6 is 11.6 Å². The number of pyridine rings is 1. The fourth-order valence-corrected chi connectivity index (χ4v) is 5.19. The van der Waals surface area contributed by atoms with Crippen LogP contribution in [-0.4, -0.2) is 56.2 Å². The summed E-state index contributed by atoms with van der Waals surface area (Å²) >= 11 is 6.69. The predicted octanol–water partition coefficient (Wildman–Crippen LogP) is 5.24. The molecule has 3 aromatic rings. The number of halogens is 1. The minimum absolute atomic E-state index is 0.689. The number of nitrogens with one attached hydrogen (secondary N) is 1. The summed E-state index contributed by atoms with van der Waals surface area (Å²) in [5, 5.41) is 5.67. The second kappa shape index (κ2) is 9.55. The molecule has 5 nitrogen and oxygen atoms in total. The number of rotatable bonds is 5. The molecule has 2 aliphatic rings. The lowest BCUT2D eigenvalue weighted by atomic mass is 10.1. The van der Waals surface area contributed by atoms with Crippen molar-refractivity contribution in [3.63, 3.8) is 0 Å². The Balaban J connectivity index is 1.42. The van der Waals surface area contributed by atoms with E-state index in [1.165, 1.54) is 36.0 Å². The molecule has 0 amide bonds. The first-order valence-corrected chi connectivity index (χ1v) is 12.2. The van der Waals surface area contributed by atoms with Crippen LogP contribution in [0.5, 0.6) is 0 Å². The van der Waals surface area contributed by atoms with E-state index in [1.54, 1.807) is 0 Å². The summed E-state index contributed by atoms with van der Waals surface area (Å²) < 4.78 is 0. The van der Waals surface area contributed by atoms with Gasteiger partial charge in [0.15, 0.2) is 0 Å². The Morgan fingerprint density at radius 2 is 1.62 bits per heavy atom. The van der Waals surface area contributed by atoms with E-state index in [4.69, 9.17) is 16.6 Å². The number of hydrogen-bond donors (Lipinski definition) is 1. The van der Waals surface area contributed by atoms with Gasteiger partial charge >= 0.3 is 0 Å². The molecule has 3 heterocycles. The van der Waals surface area contributed by atoms with Gasteiger partial charge in [0.05, 0.1) is 11.2 Å². The van der Waals surface area contributed by atoms with Gasteiger partial charge in [-0.1, -0.05) is 17.7 Å². The van der Waals surface area contributed by atoms with Crippen molar-refractivity contribution in [1.29, 1.82) is 0 Å². The molecule has 1 N–H and O–H groups in total. The lowest BCUT2D eigenvalue weighted by molar-refractivity contribution is 0.312. The molecule has 2 aromatic carbocycles. The Bertz CT molecular complexity index is 1070. The van der Waals surface area contributed by atoms with E-state index < -0.39 is 0 Å². The zero-order valence-corrected chi connectivity index (χ0v) is 19.6. The normalized spacial score (nSPS) is 17.7. The summed E-state index contributed by atoms with van der Waals surface area (Å²) in [6.07, 6.45) is 5.75. The van der Waals surface area contributed by atoms with Crippen LogP contribution in [0.25, 0.3) is 10.9 Å². The number of benzene rings is 2. The third-order valence-electron chi connectivity index (χ3n) is 6.84. The fraction of sp³-hybridized carbons (Fsp3) is 0.423. The molecule has 0 unspecified atom stereocenters. The topological polar surface area (TPSA) is 34.6 Å². The van der Waals surface area contributed by atoms with Crippen LogP contribution in [0.15, 0.2) is 48.7 Å². The summed E-state index contributed by atoms with van der Waals surface area (Å²) in [5.74, 6) is 0. The highest BCUT2D eigenvalue weighted by Gasteiger charge is 2.19. The number of likely N-dealkylation sites (N-methyl/N-ethyl adjacent to an activating group) is 1. The molecule has 2 saturated heterocycles. The molecule has 0 aliphatic carbocycles. The van der Waals surface area contributed by atoms with Crippen LogP contribution in [0, 0.1) is 0 Å². The fourth-order valence-electron chi connectivity index (χ4n) is 4.95. The molecule has 2 fully saturated rings. The minimum atomic E-state index is 0.689. The molecule has 6 heteroatoms. The van der Waals surface area contributed by atoms with Crippen LogP contribution in [-0.2, 0) is 6.54 Å². The lowest BCUT2D eigenvalue weighted by Crippen LogP contribution is -2.44. The average Bonchev–Trinajstić information content (AvgIpc) is 2.84. The monoisotopic (exact) mass is 449 g/mol. The van der Waals surface area contributed by atoms with E-state index in [9.17, 15) is 0 Å². The van der Waals surface area contributed by atoms with E-state index in [0.717, 1.165) is 61.1 Å². The Morgan fingerprint density at radius 3 is 2.44 bits per heavy atom. The smallest absolute Gasteiger partial charge is 0.0956 e. The first-order chi connectivity index (χ1) is 15.7. The van der Waals surface area contributed by atoms with Crippen LogP contribution in [0.1, 0.15) is 24.8 Å². The number of piperazine rings is 1. The van der Waals surface area contributed by atoms with E-state index in [1.807, 2.05) is 18.3 Å². The van der Waals surface area contributed by atoms with E-state index in [0.29, 0.717) is 6.54 Å². The van der Waals surface area contributed by atoms with Crippen LogP contribution < -0.4 is 15.1 Å². The third-order valence-corrected chi connectivity index (χ3v) is 7.19. The molecule has 0 bridgehead atoms. The van der Waals surface area contributed by atoms with Gasteiger partial charge in [0.25, 0.3) is 0 Å². The Hall–Kier alpha value is -2.50. The number of nitrogens with zero attached hydrogens (tertiary/aromatic N) is 4. The van der Waals surface area contributed by atoms with Gasteiger partial charge in [0.2, 0.25) is 0 Å². The Kier molecular flexibility index (Phi) is 6.37. The van der Waals surface area contributed by atoms with Gasteiger partial charge in [-0.05, 0) is 62.7 Å². The minimum Gasteiger partial charge on any atom is -0.380 e. The maximum Gasteiger partial charge on any atom is 0.0956 e. The van der Waals surface area contributed by atoms with Crippen molar-refractivity contribution in [2.45, 2.75) is 25.8 Å². The summed E-state index contributed by atoms with van der Waals surface area (Å²) in [5.41, 5.74) is 5.85. The van der Waals surface area contributed by atoms with Crippen molar-refractivity contribution < 1.29 is 0 Å².